The van der Waals surface area contributed by atoms with Crippen molar-refractivity contribution in [2.24, 2.45) is 45.5 Å². The number of aliphatic hydroxyl groups excluding tert-OH is 8. The molecule has 6 amide bonds. The lowest BCUT2D eigenvalue weighted by Gasteiger charge is -2.44. The summed E-state index contributed by atoms with van der Waals surface area (Å²) in [5, 5.41) is 104. The molecule has 0 spiro atoms. The minimum atomic E-state index is -4.10. The average Bonchev–Trinajstić information content (AvgIpc) is 1.42. The molecule has 0 aromatic carbocycles. The molecular weight excluding hydrogens is 1840 g/mol. The molecule has 4 saturated heterocycles. The van der Waals surface area contributed by atoms with Crippen LogP contribution in [0.1, 0.15) is 291 Å². The summed E-state index contributed by atoms with van der Waals surface area (Å²) in [6.45, 7) is 29.3. The summed E-state index contributed by atoms with van der Waals surface area (Å²) >= 11 is 30.1. The van der Waals surface area contributed by atoms with E-state index in [9.17, 15) is 78.7 Å². The summed E-state index contributed by atoms with van der Waals surface area (Å²) in [6, 6.07) is 0. The second-order valence-electron chi connectivity index (χ2n) is 39.8. The molecule has 0 aromatic heterocycles. The van der Waals surface area contributed by atoms with Crippen LogP contribution in [0.3, 0.4) is 0 Å². The van der Waals surface area contributed by atoms with Crippen LogP contribution in [-0.2, 0) is 46.9 Å². The van der Waals surface area contributed by atoms with Gasteiger partial charge in [0.1, 0.15) is 9.98 Å². The second kappa shape index (κ2) is 50.0. The van der Waals surface area contributed by atoms with E-state index in [4.69, 9.17) is 89.2 Å². The minimum absolute atomic E-state index is 0.140. The van der Waals surface area contributed by atoms with Gasteiger partial charge in [-0.15, -0.1) is 47.0 Å². The highest BCUT2D eigenvalue weighted by molar-refractivity contribution is 8.04. The number of imide groups is 2. The van der Waals surface area contributed by atoms with E-state index in [1.54, 1.807) is 103 Å². The number of nitriles is 2. The Hall–Kier alpha value is -3.58. The molecule has 0 aliphatic carbocycles. The predicted molar refractivity (Wildman–Crippen MR) is 521 cm³/mol. The van der Waals surface area contributed by atoms with Crippen molar-refractivity contribution in [2.45, 2.75) is 373 Å². The Kier molecular flexibility index (Phi) is 44.9. The Morgan fingerprint density at radius 1 is 0.398 bits per heavy atom. The van der Waals surface area contributed by atoms with Crippen molar-refractivity contribution in [3.8, 4) is 12.4 Å². The molecule has 8 heterocycles. The highest BCUT2D eigenvalue weighted by atomic mass is 32.2. The van der Waals surface area contributed by atoms with E-state index in [2.05, 4.69) is 60.3 Å². The van der Waals surface area contributed by atoms with Crippen molar-refractivity contribution in [2.75, 3.05) is 23.0 Å². The second-order valence-corrected chi connectivity index (χ2v) is 48.8. The van der Waals surface area contributed by atoms with E-state index < -0.39 is 97.4 Å². The van der Waals surface area contributed by atoms with E-state index in [1.165, 1.54) is 19.6 Å². The smallest absolute Gasteiger partial charge is 0.393 e. The highest BCUT2D eigenvalue weighted by Crippen LogP contribution is 2.49. The maximum absolute atomic E-state index is 13.0. The largest absolute Gasteiger partial charge is 0.400 e. The van der Waals surface area contributed by atoms with Gasteiger partial charge in [0.15, 0.2) is 12.4 Å². The predicted octanol–water partition coefficient (Wildman–Crippen LogP) is 13.5. The SMILES string of the molecule is CC(C)(CCC(O)CCC(O)CCC(C)(C)C(=O)NC#N)C(=O)NC#N.CC(C)(CCC(O)CCC(O)CCC(C)(C)N1C(=O)C=C2SCCC2C1=O)N1C(=O)C=C2SCCC2C1=O.CC(C)(CCC(O)CCC(O)CCC(C)(C)N1C(=S)C=C2SCCC2C1=S)N1C(=S)C=C2SCCC2C1=S.CC(C)(CCC(O)CCC(O)CCC(C)(C)OP(N)(=O)O)OP(N)(=O)O. The summed E-state index contributed by atoms with van der Waals surface area (Å²) in [4.78, 5) is 108. The fraction of sp³-hybridized carbons (Fsp3) is 0.773. The number of thioether (sulfide) groups is 4. The van der Waals surface area contributed by atoms with Gasteiger partial charge in [-0.2, -0.15) is 10.5 Å². The van der Waals surface area contributed by atoms with Gasteiger partial charge in [-0.1, -0.05) is 76.6 Å². The number of hydrogen-bond donors (Lipinski definition) is 14. The molecule has 16 N–H and O–H groups in total. The van der Waals surface area contributed by atoms with E-state index in [-0.39, 0.29) is 58.4 Å². The third-order valence-electron chi connectivity index (χ3n) is 24.9. The van der Waals surface area contributed by atoms with Crippen LogP contribution in [0.15, 0.2) is 43.9 Å². The van der Waals surface area contributed by atoms with Gasteiger partial charge < -0.3 is 60.4 Å². The number of aliphatic hydroxyl groups is 8. The molecule has 128 heavy (non-hydrogen) atoms. The van der Waals surface area contributed by atoms with Crippen LogP contribution < -0.4 is 21.6 Å². The number of thiocarbonyl (C=S) groups is 4. The summed E-state index contributed by atoms with van der Waals surface area (Å²) in [5.74, 6) is 2.49. The maximum atomic E-state index is 13.0. The lowest BCUT2D eigenvalue weighted by Crippen LogP contribution is -2.54. The number of nitrogens with two attached hydrogens (primary N) is 2. The third kappa shape index (κ3) is 36.5. The zero-order valence-electron chi connectivity index (χ0n) is 77.4. The number of carbonyl (C=O) groups is 6. The molecule has 8 aliphatic rings. The molecule has 724 valence electrons. The van der Waals surface area contributed by atoms with Crippen molar-refractivity contribution in [3.05, 3.63) is 43.9 Å². The van der Waals surface area contributed by atoms with Gasteiger partial charge in [0.05, 0.1) is 81.8 Å². The Morgan fingerprint density at radius 2 is 0.617 bits per heavy atom. The Bertz CT molecular complexity index is 3790. The average molecular weight is 1980 g/mol. The van der Waals surface area contributed by atoms with Crippen LogP contribution in [-0.4, -0.2) is 231 Å². The first-order chi connectivity index (χ1) is 59.0. The van der Waals surface area contributed by atoms with Crippen LogP contribution in [0.4, 0.5) is 0 Å². The molecule has 30 nitrogen and oxygen atoms in total. The molecule has 14 atom stereocenters. The monoisotopic (exact) mass is 1980 g/mol. The number of nitrogens with one attached hydrogen (secondary N) is 2. The number of fused-ring (bicyclic) bond motifs is 4. The van der Waals surface area contributed by atoms with Gasteiger partial charge in [0.2, 0.25) is 23.6 Å². The topological polar surface area (TPSA) is 494 Å². The first-order valence-corrected chi connectivity index (χ1v) is 53.2. The first-order valence-electron chi connectivity index (χ1n) is 44.4. The summed E-state index contributed by atoms with van der Waals surface area (Å²) in [5.41, 5.74) is 4.57. The fourth-order valence-corrected chi connectivity index (χ4v) is 25.6. The van der Waals surface area contributed by atoms with Gasteiger partial charge in [-0.05, 0) is 308 Å². The van der Waals surface area contributed by atoms with Gasteiger partial charge in [0.25, 0.3) is 11.8 Å². The standard InChI is InChI=1S/C28H40N2O6S2.C28H40N2O2S6.C18H30N4O4.C14H34N2O8P2/c2*1-27(2,29-23(33)15-21-19(25(29)35)9-13-37-21)11-7-17(31)5-6-18(32)8-12-28(3,4)30-24(34)16-22-20(26(30)36)10-14-38-22;1-17(2,15(25)21-11-19)9-7-13(23)5-6-14(24)8-10-18(3,4)16(26)22-12-20;1-13(2,23-25(15,19)20)9-7-11(17)5-6-12(18)8-10-14(3,4)24-26(16,21)22/h2*15-20,31-32H,5-14H2,1-4H3;13-14,23-24H,5-10H2,1-4H3,(H,21,25)(H,22,26);11-12,17-18H,5-10H2,1-4H3,(H3,15,19,20)(H3,16,21,22). The summed E-state index contributed by atoms with van der Waals surface area (Å²) in [7, 11) is -8.20. The summed E-state index contributed by atoms with van der Waals surface area (Å²) in [6.07, 6.45) is 20.0. The molecule has 0 aromatic rings. The number of amides is 6. The Balaban J connectivity index is 0.000000308. The normalized spacial score (nSPS) is 22.3. The van der Waals surface area contributed by atoms with Crippen molar-refractivity contribution in [1.29, 1.82) is 10.5 Å². The Morgan fingerprint density at radius 3 is 0.859 bits per heavy atom. The lowest BCUT2D eigenvalue weighted by molar-refractivity contribution is -0.153. The molecule has 40 heteroatoms. The van der Waals surface area contributed by atoms with Crippen LogP contribution in [0.25, 0.3) is 0 Å². The van der Waals surface area contributed by atoms with Gasteiger partial charge in [0, 0.05) is 66.8 Å². The number of hydrogen-bond acceptors (Lipinski definition) is 28. The number of carbonyl (C=O) groups excluding carboxylic acids is 6. The molecule has 0 saturated carbocycles. The lowest BCUT2D eigenvalue weighted by atomic mass is 9.84. The van der Waals surface area contributed by atoms with Crippen LogP contribution in [0, 0.1) is 57.4 Å². The molecule has 14 unspecified atom stereocenters. The Labute approximate surface area is 796 Å². The van der Waals surface area contributed by atoms with Crippen molar-refractivity contribution in [1.82, 2.24) is 30.2 Å². The third-order valence-corrected chi connectivity index (χ3v) is 32.6. The number of rotatable bonds is 46. The van der Waals surface area contributed by atoms with Crippen LogP contribution in [0.5, 0.6) is 0 Å². The molecule has 0 bridgehead atoms. The maximum Gasteiger partial charge on any atom is 0.400 e. The van der Waals surface area contributed by atoms with Gasteiger partial charge in [-0.25, -0.2) is 20.1 Å². The molecule has 8 rings (SSSR count). The number of nitrogens with zero attached hydrogens (tertiary/aromatic N) is 6. The van der Waals surface area contributed by atoms with E-state index in [0.29, 0.717) is 153 Å². The van der Waals surface area contributed by atoms with E-state index in [1.807, 2.05) is 51.2 Å². The summed E-state index contributed by atoms with van der Waals surface area (Å²) < 4.78 is 31.9. The van der Waals surface area contributed by atoms with Crippen molar-refractivity contribution < 1.29 is 97.6 Å². The van der Waals surface area contributed by atoms with Crippen molar-refractivity contribution in [3.63, 3.8) is 0 Å². The zero-order valence-corrected chi connectivity index (χ0v) is 85.7. The van der Waals surface area contributed by atoms with Gasteiger partial charge in [-0.3, -0.25) is 58.2 Å². The van der Waals surface area contributed by atoms with Crippen LogP contribution >= 0.6 is 111 Å². The van der Waals surface area contributed by atoms with Crippen LogP contribution in [0.2, 0.25) is 0 Å². The highest BCUT2D eigenvalue weighted by Gasteiger charge is 2.49. The molecule has 8 aliphatic heterocycles. The molecule has 4 fully saturated rings. The fourth-order valence-electron chi connectivity index (χ4n) is 16.7. The van der Waals surface area contributed by atoms with Crippen molar-refractivity contribution >= 4 is 167 Å². The quantitative estimate of drug-likeness (QED) is 0.00885. The van der Waals surface area contributed by atoms with E-state index >= 15 is 0 Å². The van der Waals surface area contributed by atoms with E-state index in [0.717, 1.165) is 91.3 Å². The minimum Gasteiger partial charge on any atom is -0.393 e. The zero-order chi connectivity index (χ0) is 96.8. The molecular formula is C88H144N10O20P2S8. The van der Waals surface area contributed by atoms with Gasteiger partial charge >= 0.3 is 15.5 Å². The molecule has 0 radical (unpaired) electrons. The first kappa shape index (κ1) is 115.